The summed E-state index contributed by atoms with van der Waals surface area (Å²) in [6.07, 6.45) is 1.80. The molecule has 11 heteroatoms. The van der Waals surface area contributed by atoms with E-state index in [1.165, 1.54) is 11.3 Å². The molecule has 0 saturated heterocycles. The number of methoxy groups -OCH3 is 3. The van der Waals surface area contributed by atoms with Gasteiger partial charge in [-0.1, -0.05) is 45.5 Å². The van der Waals surface area contributed by atoms with Crippen LogP contribution in [0.5, 0.6) is 23.0 Å². The van der Waals surface area contributed by atoms with Crippen molar-refractivity contribution >= 4 is 39.2 Å². The standard InChI is InChI=1S/C35H36BrN3O6S/c1-7-38(8-2)34(41)31-21(3)37-35-39(32(31)26-19-25(42-4)14-16-27(26)43-5)33(40)30(46-35)18-23-11-15-28(29(17-23)44-6)45-20-22-9-12-24(36)13-10-22/h9-19,32H,7-8,20H2,1-6H3/b30-18+/t32-/m1/s1. The van der Waals surface area contributed by atoms with E-state index >= 15 is 0 Å². The van der Waals surface area contributed by atoms with Gasteiger partial charge in [-0.15, -0.1) is 0 Å². The van der Waals surface area contributed by atoms with Crippen LogP contribution in [0.2, 0.25) is 0 Å². The number of thiazole rings is 1. The van der Waals surface area contributed by atoms with E-state index in [1.807, 2.05) is 69.3 Å². The van der Waals surface area contributed by atoms with Gasteiger partial charge in [0, 0.05) is 23.1 Å². The second kappa shape index (κ2) is 14.4. The van der Waals surface area contributed by atoms with Crippen LogP contribution in [0.3, 0.4) is 0 Å². The summed E-state index contributed by atoms with van der Waals surface area (Å²) in [5.41, 5.74) is 3.10. The minimum absolute atomic E-state index is 0.182. The third-order valence-corrected chi connectivity index (χ3v) is 9.34. The maximum absolute atomic E-state index is 14.2. The van der Waals surface area contributed by atoms with Crippen molar-refractivity contribution in [2.45, 2.75) is 33.4 Å². The number of aromatic nitrogens is 1. The van der Waals surface area contributed by atoms with Gasteiger partial charge in [-0.2, -0.15) is 0 Å². The molecular weight excluding hydrogens is 670 g/mol. The number of halogens is 1. The van der Waals surface area contributed by atoms with Gasteiger partial charge in [0.25, 0.3) is 11.5 Å². The summed E-state index contributed by atoms with van der Waals surface area (Å²) in [7, 11) is 4.72. The van der Waals surface area contributed by atoms with Gasteiger partial charge < -0.3 is 23.8 Å². The van der Waals surface area contributed by atoms with Crippen molar-refractivity contribution < 1.29 is 23.7 Å². The predicted molar refractivity (Wildman–Crippen MR) is 183 cm³/mol. The Morgan fingerprint density at radius 2 is 1.65 bits per heavy atom. The molecule has 9 nitrogen and oxygen atoms in total. The number of allylic oxidation sites excluding steroid dienone is 1. The van der Waals surface area contributed by atoms with Crippen molar-refractivity contribution in [3.8, 4) is 23.0 Å². The predicted octanol–water partition coefficient (Wildman–Crippen LogP) is 5.47. The van der Waals surface area contributed by atoms with Crippen molar-refractivity contribution in [2.24, 2.45) is 4.99 Å². The van der Waals surface area contributed by atoms with Crippen molar-refractivity contribution in [1.82, 2.24) is 9.47 Å². The van der Waals surface area contributed by atoms with Gasteiger partial charge in [0.05, 0.1) is 37.1 Å². The van der Waals surface area contributed by atoms with Crippen LogP contribution in [-0.2, 0) is 11.4 Å². The zero-order valence-corrected chi connectivity index (χ0v) is 29.0. The van der Waals surface area contributed by atoms with Crippen LogP contribution in [-0.4, -0.2) is 49.8 Å². The van der Waals surface area contributed by atoms with Crippen molar-refractivity contribution in [3.63, 3.8) is 0 Å². The highest BCUT2D eigenvalue weighted by atomic mass is 79.9. The van der Waals surface area contributed by atoms with Gasteiger partial charge in [-0.3, -0.25) is 14.2 Å². The summed E-state index contributed by atoms with van der Waals surface area (Å²) in [6, 6.07) is 18.0. The molecule has 4 aromatic rings. The van der Waals surface area contributed by atoms with Crippen LogP contribution in [0.4, 0.5) is 0 Å². The average molecular weight is 707 g/mol. The van der Waals surface area contributed by atoms with Crippen molar-refractivity contribution in [2.75, 3.05) is 34.4 Å². The fourth-order valence-corrected chi connectivity index (χ4v) is 6.72. The second-order valence-corrected chi connectivity index (χ2v) is 12.4. The van der Waals surface area contributed by atoms with Crippen molar-refractivity contribution in [1.29, 1.82) is 0 Å². The summed E-state index contributed by atoms with van der Waals surface area (Å²) in [5.74, 6) is 2.06. The number of carbonyl (C=O) groups is 1. The Labute approximate surface area is 280 Å². The molecule has 1 atom stereocenters. The molecule has 5 rings (SSSR count). The lowest BCUT2D eigenvalue weighted by molar-refractivity contribution is -0.127. The number of nitrogens with zero attached hydrogens (tertiary/aromatic N) is 3. The fourth-order valence-electron chi connectivity index (χ4n) is 5.41. The van der Waals surface area contributed by atoms with E-state index in [0.717, 1.165) is 15.6 Å². The highest BCUT2D eigenvalue weighted by Gasteiger charge is 2.36. The van der Waals surface area contributed by atoms with Gasteiger partial charge in [-0.05, 0) is 80.4 Å². The molecule has 0 aliphatic carbocycles. The number of carbonyl (C=O) groups excluding carboxylic acids is 1. The molecule has 2 heterocycles. The lowest BCUT2D eigenvalue weighted by atomic mass is 9.93. The van der Waals surface area contributed by atoms with E-state index in [4.69, 9.17) is 23.9 Å². The summed E-state index contributed by atoms with van der Waals surface area (Å²) < 4.78 is 26.0. The topological polar surface area (TPSA) is 91.6 Å². The van der Waals surface area contributed by atoms with Crippen LogP contribution in [0.1, 0.15) is 43.5 Å². The molecule has 1 aliphatic heterocycles. The minimum Gasteiger partial charge on any atom is -0.497 e. The third kappa shape index (κ3) is 6.61. The fraction of sp³-hybridized carbons (Fsp3) is 0.286. The first kappa shape index (κ1) is 33.0. The Bertz CT molecular complexity index is 1960. The maximum atomic E-state index is 14.2. The van der Waals surface area contributed by atoms with E-state index in [9.17, 15) is 9.59 Å². The summed E-state index contributed by atoms with van der Waals surface area (Å²) >= 11 is 4.71. The summed E-state index contributed by atoms with van der Waals surface area (Å²) in [4.78, 5) is 35.2. The van der Waals surface area contributed by atoms with E-state index in [0.29, 0.717) is 68.9 Å². The van der Waals surface area contributed by atoms with E-state index in [2.05, 4.69) is 15.9 Å². The molecule has 240 valence electrons. The number of rotatable bonds is 11. The number of hydrogen-bond donors (Lipinski definition) is 0. The number of hydrogen-bond acceptors (Lipinski definition) is 8. The van der Waals surface area contributed by atoms with Crippen LogP contribution in [0, 0.1) is 0 Å². The molecule has 0 N–H and O–H groups in total. The molecule has 0 unspecified atom stereocenters. The van der Waals surface area contributed by atoms with Crippen molar-refractivity contribution in [3.05, 3.63) is 113 Å². The molecule has 0 spiro atoms. The largest absolute Gasteiger partial charge is 0.497 e. The van der Waals surface area contributed by atoms with Crippen LogP contribution >= 0.6 is 27.3 Å². The van der Waals surface area contributed by atoms with Gasteiger partial charge in [0.1, 0.15) is 24.1 Å². The number of ether oxygens (including phenoxy) is 4. The SMILES string of the molecule is CCN(CC)C(=O)C1=C(C)N=c2s/c(=C/c3ccc(OCc4ccc(Br)cc4)c(OC)c3)c(=O)n2[C@@H]1c1cc(OC)ccc1OC. The Kier molecular flexibility index (Phi) is 10.3. The Morgan fingerprint density at radius 3 is 2.30 bits per heavy atom. The molecular formula is C35H36BrN3O6S. The Balaban J connectivity index is 1.61. The van der Waals surface area contributed by atoms with Crippen LogP contribution < -0.4 is 33.8 Å². The van der Waals surface area contributed by atoms with Gasteiger partial charge in [0.15, 0.2) is 16.3 Å². The smallest absolute Gasteiger partial charge is 0.271 e. The Morgan fingerprint density at radius 1 is 0.957 bits per heavy atom. The average Bonchev–Trinajstić information content (AvgIpc) is 3.37. The molecule has 46 heavy (non-hydrogen) atoms. The van der Waals surface area contributed by atoms with Gasteiger partial charge in [0.2, 0.25) is 0 Å². The molecule has 0 radical (unpaired) electrons. The first-order chi connectivity index (χ1) is 22.2. The third-order valence-electron chi connectivity index (χ3n) is 7.83. The first-order valence-electron chi connectivity index (χ1n) is 14.8. The molecule has 0 fully saturated rings. The van der Waals surface area contributed by atoms with Gasteiger partial charge in [-0.25, -0.2) is 4.99 Å². The molecule has 1 amide bonds. The normalized spacial score (nSPS) is 14.4. The highest BCUT2D eigenvalue weighted by Crippen LogP contribution is 2.38. The van der Waals surface area contributed by atoms with Crippen LogP contribution in [0.15, 0.2) is 86.2 Å². The molecule has 1 aromatic heterocycles. The summed E-state index contributed by atoms with van der Waals surface area (Å²) in [5, 5.41) is 0. The number of likely N-dealkylation sites (N-methyl/N-ethyl adjacent to an activating group) is 1. The van der Waals surface area contributed by atoms with Crippen LogP contribution in [0.25, 0.3) is 6.08 Å². The van der Waals surface area contributed by atoms with Gasteiger partial charge >= 0.3 is 0 Å². The van der Waals surface area contributed by atoms with E-state index in [-0.39, 0.29) is 11.5 Å². The zero-order chi connectivity index (χ0) is 33.0. The summed E-state index contributed by atoms with van der Waals surface area (Å²) in [6.45, 7) is 7.08. The molecule has 0 bridgehead atoms. The second-order valence-electron chi connectivity index (χ2n) is 10.5. The van der Waals surface area contributed by atoms with E-state index < -0.39 is 6.04 Å². The molecule has 0 saturated carbocycles. The lowest BCUT2D eigenvalue weighted by Gasteiger charge is -2.30. The maximum Gasteiger partial charge on any atom is 0.271 e. The molecule has 3 aromatic carbocycles. The van der Waals surface area contributed by atoms with E-state index in [1.54, 1.807) is 49.0 Å². The number of benzene rings is 3. The monoisotopic (exact) mass is 705 g/mol. The highest BCUT2D eigenvalue weighted by molar-refractivity contribution is 9.10. The number of amides is 1. The quantitative estimate of drug-likeness (QED) is 0.206. The number of fused-ring (bicyclic) bond motifs is 1. The molecule has 1 aliphatic rings. The Hall–Kier alpha value is -4.35. The zero-order valence-electron chi connectivity index (χ0n) is 26.6. The minimum atomic E-state index is -0.777. The lowest BCUT2D eigenvalue weighted by Crippen LogP contribution is -2.43. The first-order valence-corrected chi connectivity index (χ1v) is 16.4.